The predicted molar refractivity (Wildman–Crippen MR) is 87.2 cm³/mol. The van der Waals surface area contributed by atoms with Crippen LogP contribution in [0, 0.1) is 5.92 Å². The lowest BCUT2D eigenvalue weighted by atomic mass is 10.1. The largest absolute Gasteiger partial charge is 0.321 e. The van der Waals surface area contributed by atoms with E-state index in [1.807, 2.05) is 26.0 Å². The van der Waals surface area contributed by atoms with Crippen LogP contribution in [0.5, 0.6) is 0 Å². The van der Waals surface area contributed by atoms with Crippen molar-refractivity contribution in [1.82, 2.24) is 10.2 Å². The number of para-hydroxylation sites is 1. The van der Waals surface area contributed by atoms with Gasteiger partial charge in [-0.05, 0) is 37.1 Å². The Hall–Kier alpha value is -2.43. The van der Waals surface area contributed by atoms with Crippen molar-refractivity contribution in [1.29, 1.82) is 0 Å². The Balaban J connectivity index is 1.83. The van der Waals surface area contributed by atoms with E-state index < -0.39 is 0 Å². The molecule has 1 aromatic carbocycles. The minimum absolute atomic E-state index is 0.0538. The summed E-state index contributed by atoms with van der Waals surface area (Å²) in [5.74, 6) is 1.16. The third-order valence-electron chi connectivity index (χ3n) is 3.88. The molecule has 0 bridgehead atoms. The van der Waals surface area contributed by atoms with Crippen molar-refractivity contribution in [2.24, 2.45) is 5.92 Å². The summed E-state index contributed by atoms with van der Waals surface area (Å²) in [6.07, 6.45) is 1.00. The van der Waals surface area contributed by atoms with Crippen molar-refractivity contribution >= 4 is 23.2 Å². The van der Waals surface area contributed by atoms with Gasteiger partial charge in [0.05, 0.1) is 0 Å². The van der Waals surface area contributed by atoms with Gasteiger partial charge in [0.25, 0.3) is 0 Å². The second-order valence-corrected chi connectivity index (χ2v) is 5.97. The number of hydrogen-bond acceptors (Lipinski definition) is 4. The summed E-state index contributed by atoms with van der Waals surface area (Å²) in [7, 11) is 0. The van der Waals surface area contributed by atoms with Gasteiger partial charge in [-0.15, -0.1) is 10.2 Å². The zero-order valence-corrected chi connectivity index (χ0v) is 13.1. The Morgan fingerprint density at radius 3 is 2.68 bits per heavy atom. The highest BCUT2D eigenvalue weighted by atomic mass is 16.1. The fourth-order valence-electron chi connectivity index (χ4n) is 2.71. The van der Waals surface area contributed by atoms with Gasteiger partial charge in [-0.1, -0.05) is 32.0 Å². The molecule has 0 spiro atoms. The number of fused-ring (bicyclic) bond motifs is 1. The minimum Gasteiger partial charge on any atom is -0.321 e. The molecule has 5 heteroatoms. The minimum atomic E-state index is -0.0769. The van der Waals surface area contributed by atoms with E-state index in [-0.39, 0.29) is 11.8 Å². The summed E-state index contributed by atoms with van der Waals surface area (Å²) in [4.78, 5) is 13.9. The van der Waals surface area contributed by atoms with Crippen LogP contribution in [0.1, 0.15) is 26.3 Å². The highest BCUT2D eigenvalue weighted by Gasteiger charge is 2.27. The molecule has 1 unspecified atom stereocenters. The van der Waals surface area contributed by atoms with Crippen LogP contribution in [0.15, 0.2) is 36.4 Å². The molecular weight excluding hydrogens is 276 g/mol. The zero-order chi connectivity index (χ0) is 15.7. The monoisotopic (exact) mass is 296 g/mol. The molecule has 0 saturated carbocycles. The zero-order valence-electron chi connectivity index (χ0n) is 13.1. The first-order chi connectivity index (χ1) is 10.6. The number of rotatable bonds is 3. The van der Waals surface area contributed by atoms with Crippen molar-refractivity contribution < 1.29 is 4.79 Å². The van der Waals surface area contributed by atoms with E-state index in [2.05, 4.69) is 45.5 Å². The van der Waals surface area contributed by atoms with Gasteiger partial charge >= 0.3 is 0 Å². The number of carbonyl (C=O) groups is 1. The predicted octanol–water partition coefficient (Wildman–Crippen LogP) is 3.15. The average molecular weight is 296 g/mol. The van der Waals surface area contributed by atoms with Crippen LogP contribution in [-0.2, 0) is 11.2 Å². The van der Waals surface area contributed by atoms with Crippen LogP contribution in [0.25, 0.3) is 0 Å². The fourth-order valence-corrected chi connectivity index (χ4v) is 2.71. The summed E-state index contributed by atoms with van der Waals surface area (Å²) >= 11 is 0. The lowest BCUT2D eigenvalue weighted by Gasteiger charge is -2.23. The Kier molecular flexibility index (Phi) is 3.79. The number of nitrogens with zero attached hydrogens (tertiary/aromatic N) is 3. The Bertz CT molecular complexity index is 681. The van der Waals surface area contributed by atoms with Gasteiger partial charge < -0.3 is 10.2 Å². The Labute approximate surface area is 130 Å². The molecule has 5 nitrogen and oxygen atoms in total. The van der Waals surface area contributed by atoms with E-state index in [9.17, 15) is 4.79 Å². The normalized spacial score (nSPS) is 16.7. The highest BCUT2D eigenvalue weighted by Crippen LogP contribution is 2.36. The van der Waals surface area contributed by atoms with Gasteiger partial charge in [0.1, 0.15) is 0 Å². The van der Waals surface area contributed by atoms with Crippen LogP contribution >= 0.6 is 0 Å². The standard InChI is InChI=1S/C17H20N4O/c1-11(2)17(22)18-15-8-9-16(20-19-15)21-12(3)10-13-6-4-5-7-14(13)21/h4-9,11-12H,10H2,1-3H3,(H,18,19,22). The van der Waals surface area contributed by atoms with Gasteiger partial charge in [-0.25, -0.2) is 0 Å². The van der Waals surface area contributed by atoms with Gasteiger partial charge in [-0.3, -0.25) is 4.79 Å². The molecule has 0 aliphatic carbocycles. The average Bonchev–Trinajstić information content (AvgIpc) is 2.84. The summed E-state index contributed by atoms with van der Waals surface area (Å²) < 4.78 is 0. The smallest absolute Gasteiger partial charge is 0.228 e. The molecule has 3 rings (SSSR count). The maximum Gasteiger partial charge on any atom is 0.228 e. The van der Waals surface area contributed by atoms with Crippen LogP contribution in [-0.4, -0.2) is 22.1 Å². The maximum atomic E-state index is 11.7. The Morgan fingerprint density at radius 1 is 1.23 bits per heavy atom. The van der Waals surface area contributed by atoms with E-state index in [0.29, 0.717) is 11.9 Å². The SMILES string of the molecule is CC(C)C(=O)Nc1ccc(N2c3ccccc3CC2C)nn1. The molecule has 1 amide bonds. The quantitative estimate of drug-likeness (QED) is 0.945. The van der Waals surface area contributed by atoms with Gasteiger partial charge in [0.2, 0.25) is 5.91 Å². The highest BCUT2D eigenvalue weighted by molar-refractivity contribution is 5.91. The second kappa shape index (κ2) is 5.75. The van der Waals surface area contributed by atoms with Crippen LogP contribution in [0.2, 0.25) is 0 Å². The van der Waals surface area contributed by atoms with Crippen molar-refractivity contribution in [3.8, 4) is 0 Å². The number of amides is 1. The topological polar surface area (TPSA) is 58.1 Å². The first-order valence-electron chi connectivity index (χ1n) is 7.58. The van der Waals surface area contributed by atoms with Crippen molar-refractivity contribution in [2.45, 2.75) is 33.2 Å². The number of carbonyl (C=O) groups excluding carboxylic acids is 1. The second-order valence-electron chi connectivity index (χ2n) is 5.97. The molecule has 1 N–H and O–H groups in total. The van der Waals surface area contributed by atoms with Crippen LogP contribution < -0.4 is 10.2 Å². The first kappa shape index (κ1) is 14.5. The number of anilines is 3. The number of benzene rings is 1. The van der Waals surface area contributed by atoms with E-state index in [1.54, 1.807) is 6.07 Å². The van der Waals surface area contributed by atoms with E-state index in [4.69, 9.17) is 0 Å². The summed E-state index contributed by atoms with van der Waals surface area (Å²) in [5, 5.41) is 11.2. The maximum absolute atomic E-state index is 11.7. The number of hydrogen-bond donors (Lipinski definition) is 1. The number of nitrogens with one attached hydrogen (secondary N) is 1. The summed E-state index contributed by atoms with van der Waals surface area (Å²) in [6.45, 7) is 5.87. The molecule has 2 heterocycles. The molecule has 0 fully saturated rings. The van der Waals surface area contributed by atoms with Gasteiger partial charge in [-0.2, -0.15) is 0 Å². The van der Waals surface area contributed by atoms with Crippen molar-refractivity contribution in [3.05, 3.63) is 42.0 Å². The molecular formula is C17H20N4O. The molecule has 1 aliphatic heterocycles. The molecule has 0 saturated heterocycles. The Morgan fingerprint density at radius 2 is 2.00 bits per heavy atom. The van der Waals surface area contributed by atoms with Crippen molar-refractivity contribution in [2.75, 3.05) is 10.2 Å². The molecule has 1 atom stereocenters. The molecule has 0 radical (unpaired) electrons. The lowest BCUT2D eigenvalue weighted by Crippen LogP contribution is -2.25. The molecule has 1 aliphatic rings. The fraction of sp³-hybridized carbons (Fsp3) is 0.353. The van der Waals surface area contributed by atoms with E-state index >= 15 is 0 Å². The lowest BCUT2D eigenvalue weighted by molar-refractivity contribution is -0.118. The van der Waals surface area contributed by atoms with E-state index in [1.165, 1.54) is 11.3 Å². The van der Waals surface area contributed by atoms with Crippen molar-refractivity contribution in [3.63, 3.8) is 0 Å². The third kappa shape index (κ3) is 2.66. The van der Waals surface area contributed by atoms with Crippen LogP contribution in [0.4, 0.5) is 17.3 Å². The molecule has 2 aromatic rings. The molecule has 1 aromatic heterocycles. The third-order valence-corrected chi connectivity index (χ3v) is 3.88. The van der Waals surface area contributed by atoms with Crippen LogP contribution in [0.3, 0.4) is 0 Å². The van der Waals surface area contributed by atoms with Gasteiger partial charge in [0, 0.05) is 17.6 Å². The first-order valence-corrected chi connectivity index (χ1v) is 7.58. The van der Waals surface area contributed by atoms with Gasteiger partial charge in [0.15, 0.2) is 11.6 Å². The van der Waals surface area contributed by atoms with E-state index in [0.717, 1.165) is 12.2 Å². The number of aromatic nitrogens is 2. The summed E-state index contributed by atoms with van der Waals surface area (Å²) in [6, 6.07) is 12.4. The summed E-state index contributed by atoms with van der Waals surface area (Å²) in [5.41, 5.74) is 2.51. The molecule has 114 valence electrons. The molecule has 22 heavy (non-hydrogen) atoms.